The second-order valence-electron chi connectivity index (χ2n) is 7.99. The smallest absolute Gasteiger partial charge is 0.251 e. The highest BCUT2D eigenvalue weighted by Crippen LogP contribution is 2.17. The molecule has 7 heteroatoms. The first-order valence-corrected chi connectivity index (χ1v) is 10.9. The van der Waals surface area contributed by atoms with Gasteiger partial charge >= 0.3 is 0 Å². The number of hydrogen-bond acceptors (Lipinski definition) is 4. The van der Waals surface area contributed by atoms with E-state index in [1.165, 1.54) is 11.6 Å². The maximum absolute atomic E-state index is 12.2. The molecule has 1 aliphatic rings. The van der Waals surface area contributed by atoms with Crippen LogP contribution in [0.4, 0.5) is 5.69 Å². The van der Waals surface area contributed by atoms with Crippen LogP contribution in [-0.2, 0) is 16.0 Å². The molecule has 7 nitrogen and oxygen atoms in total. The number of carbonyl (C=O) groups excluding carboxylic acids is 3. The second-order valence-corrected chi connectivity index (χ2v) is 7.99. The summed E-state index contributed by atoms with van der Waals surface area (Å²) in [5, 5.41) is 5.43. The monoisotopic (exact) mass is 434 g/mol. The molecule has 1 fully saturated rings. The average molecular weight is 435 g/mol. The van der Waals surface area contributed by atoms with Crippen LogP contribution in [0, 0.1) is 5.92 Å². The third-order valence-corrected chi connectivity index (χ3v) is 5.76. The Morgan fingerprint density at radius 3 is 2.28 bits per heavy atom. The quantitative estimate of drug-likeness (QED) is 0.555. The zero-order chi connectivity index (χ0) is 22.9. The lowest BCUT2D eigenvalue weighted by atomic mass is 9.96. The molecule has 0 radical (unpaired) electrons. The van der Waals surface area contributed by atoms with Crippen LogP contribution in [0.5, 0.6) is 0 Å². The lowest BCUT2D eigenvalue weighted by Gasteiger charge is -2.30. The van der Waals surface area contributed by atoms with E-state index in [1.54, 1.807) is 37.4 Å². The van der Waals surface area contributed by atoms with E-state index in [0.717, 1.165) is 50.1 Å². The molecule has 0 atom stereocenters. The number of likely N-dealkylation sites (tertiary alicyclic amines) is 1. The predicted molar refractivity (Wildman–Crippen MR) is 126 cm³/mol. The van der Waals surface area contributed by atoms with E-state index < -0.39 is 0 Å². The first-order valence-electron chi connectivity index (χ1n) is 10.9. The van der Waals surface area contributed by atoms with Crippen molar-refractivity contribution in [2.75, 3.05) is 32.0 Å². The first-order chi connectivity index (χ1) is 15.4. The van der Waals surface area contributed by atoms with Gasteiger partial charge in [-0.25, -0.2) is 0 Å². The molecule has 32 heavy (non-hydrogen) atoms. The maximum Gasteiger partial charge on any atom is 0.251 e. The summed E-state index contributed by atoms with van der Waals surface area (Å²) in [6.45, 7) is 2.75. The maximum atomic E-state index is 12.2. The second kappa shape index (κ2) is 11.2. The Kier molecular flexibility index (Phi) is 8.16. The molecule has 1 aliphatic heterocycles. The number of carbonyl (C=O) groups is 3. The van der Waals surface area contributed by atoms with Crippen LogP contribution in [0.15, 0.2) is 54.6 Å². The Morgan fingerprint density at radius 1 is 1.03 bits per heavy atom. The Morgan fingerprint density at radius 2 is 1.69 bits per heavy atom. The molecular weight excluding hydrogens is 404 g/mol. The number of nitrogens with zero attached hydrogens (tertiary/aromatic N) is 1. The van der Waals surface area contributed by atoms with Crippen LogP contribution in [-0.4, -0.2) is 49.3 Å². The fourth-order valence-electron chi connectivity index (χ4n) is 3.73. The van der Waals surface area contributed by atoms with Crippen molar-refractivity contribution in [3.8, 4) is 0 Å². The number of piperidine rings is 1. The fraction of sp³-hybridized carbons (Fsp3) is 0.320. The number of rotatable bonds is 8. The van der Waals surface area contributed by atoms with E-state index in [9.17, 15) is 14.4 Å². The summed E-state index contributed by atoms with van der Waals surface area (Å²) >= 11 is 0. The molecule has 168 valence electrons. The van der Waals surface area contributed by atoms with Gasteiger partial charge in [0.15, 0.2) is 0 Å². The molecule has 1 saturated heterocycles. The number of primary amides is 1. The number of hydrogen-bond donors (Lipinski definition) is 3. The third kappa shape index (κ3) is 6.78. The van der Waals surface area contributed by atoms with Gasteiger partial charge in [0, 0.05) is 36.8 Å². The van der Waals surface area contributed by atoms with Gasteiger partial charge < -0.3 is 21.3 Å². The molecule has 0 unspecified atom stereocenters. The van der Waals surface area contributed by atoms with E-state index in [1.807, 2.05) is 24.3 Å². The zero-order valence-corrected chi connectivity index (χ0v) is 18.3. The molecule has 0 aliphatic carbocycles. The average Bonchev–Trinajstić information content (AvgIpc) is 2.82. The normalized spacial score (nSPS) is 14.9. The van der Waals surface area contributed by atoms with Crippen LogP contribution in [0.1, 0.15) is 34.3 Å². The van der Waals surface area contributed by atoms with Gasteiger partial charge in [0.25, 0.3) is 5.91 Å². The van der Waals surface area contributed by atoms with E-state index in [-0.39, 0.29) is 23.6 Å². The summed E-state index contributed by atoms with van der Waals surface area (Å²) < 4.78 is 0. The number of nitrogens with two attached hydrogens (primary N) is 1. The van der Waals surface area contributed by atoms with Crippen molar-refractivity contribution >= 4 is 29.5 Å². The molecule has 0 saturated carbocycles. The Bertz CT molecular complexity index is 960. The van der Waals surface area contributed by atoms with Crippen molar-refractivity contribution in [1.29, 1.82) is 0 Å². The van der Waals surface area contributed by atoms with Gasteiger partial charge in [0.2, 0.25) is 11.8 Å². The van der Waals surface area contributed by atoms with Crippen molar-refractivity contribution in [2.45, 2.75) is 19.3 Å². The van der Waals surface area contributed by atoms with Crippen LogP contribution < -0.4 is 16.4 Å². The molecule has 2 aromatic carbocycles. The van der Waals surface area contributed by atoms with E-state index in [2.05, 4.69) is 15.5 Å². The molecule has 3 amide bonds. The van der Waals surface area contributed by atoms with Crippen molar-refractivity contribution in [3.63, 3.8) is 0 Å². The Hall–Kier alpha value is -3.45. The minimum atomic E-state index is -0.217. The number of amides is 3. The highest BCUT2D eigenvalue weighted by molar-refractivity contribution is 6.02. The van der Waals surface area contributed by atoms with Crippen molar-refractivity contribution in [1.82, 2.24) is 10.2 Å². The summed E-state index contributed by atoms with van der Waals surface area (Å²) in [5.41, 5.74) is 8.74. The molecule has 1 heterocycles. The molecule has 4 N–H and O–H groups in total. The summed E-state index contributed by atoms with van der Waals surface area (Å²) in [6.07, 6.45) is 5.77. The van der Waals surface area contributed by atoms with Crippen LogP contribution >= 0.6 is 0 Å². The summed E-state index contributed by atoms with van der Waals surface area (Å²) in [7, 11) is 1.59. The number of anilines is 1. The Balaban J connectivity index is 1.44. The molecule has 0 aromatic heterocycles. The van der Waals surface area contributed by atoms with E-state index in [4.69, 9.17) is 5.73 Å². The minimum absolute atomic E-state index is 0.0186. The number of nitrogens with one attached hydrogen (secondary N) is 2. The largest absolute Gasteiger partial charge is 0.369 e. The van der Waals surface area contributed by atoms with Crippen LogP contribution in [0.3, 0.4) is 0 Å². The van der Waals surface area contributed by atoms with Crippen LogP contribution in [0.2, 0.25) is 0 Å². The topological polar surface area (TPSA) is 105 Å². The number of benzene rings is 2. The van der Waals surface area contributed by atoms with Crippen molar-refractivity contribution in [3.05, 3.63) is 71.3 Å². The molecule has 0 bridgehead atoms. The Labute approximate surface area is 188 Å². The summed E-state index contributed by atoms with van der Waals surface area (Å²) in [4.78, 5) is 37.4. The predicted octanol–water partition coefficient (Wildman–Crippen LogP) is 2.44. The van der Waals surface area contributed by atoms with Crippen LogP contribution in [0.25, 0.3) is 6.08 Å². The van der Waals surface area contributed by atoms with Gasteiger partial charge in [0.1, 0.15) is 0 Å². The summed E-state index contributed by atoms with van der Waals surface area (Å²) in [5.74, 6) is -0.527. The van der Waals surface area contributed by atoms with Gasteiger partial charge in [0.05, 0.1) is 0 Å². The highest BCUT2D eigenvalue weighted by atomic mass is 16.2. The standard InChI is InChI=1S/C25H30N4O3/c1-27-25(32)21-7-2-18(3-8-21)6-11-23(30)28-22-9-4-19(5-10-22)12-15-29-16-13-20(14-17-29)24(26)31/h2-11,20H,12-17H2,1H3,(H2,26,31)(H,27,32)(H,28,30)/b11-6+. The highest BCUT2D eigenvalue weighted by Gasteiger charge is 2.22. The van der Waals surface area contributed by atoms with Gasteiger partial charge in [-0.05, 0) is 73.8 Å². The van der Waals surface area contributed by atoms with Gasteiger partial charge in [-0.2, -0.15) is 0 Å². The van der Waals surface area contributed by atoms with Gasteiger partial charge in [-0.3, -0.25) is 14.4 Å². The lowest BCUT2D eigenvalue weighted by Crippen LogP contribution is -2.39. The van der Waals surface area contributed by atoms with Crippen molar-refractivity contribution < 1.29 is 14.4 Å². The zero-order valence-electron chi connectivity index (χ0n) is 18.3. The molecule has 0 spiro atoms. The van der Waals surface area contributed by atoms with Gasteiger partial charge in [-0.1, -0.05) is 24.3 Å². The van der Waals surface area contributed by atoms with E-state index >= 15 is 0 Å². The lowest BCUT2D eigenvalue weighted by molar-refractivity contribution is -0.123. The van der Waals surface area contributed by atoms with Crippen molar-refractivity contribution in [2.24, 2.45) is 11.7 Å². The minimum Gasteiger partial charge on any atom is -0.369 e. The van der Waals surface area contributed by atoms with E-state index in [0.29, 0.717) is 5.56 Å². The first kappa shape index (κ1) is 23.2. The summed E-state index contributed by atoms with van der Waals surface area (Å²) in [6, 6.07) is 14.9. The third-order valence-electron chi connectivity index (χ3n) is 5.76. The SMILES string of the molecule is CNC(=O)c1ccc(/C=C/C(=O)Nc2ccc(CCN3CCC(C(N)=O)CC3)cc2)cc1. The fourth-order valence-corrected chi connectivity index (χ4v) is 3.73. The molecule has 3 rings (SSSR count). The van der Waals surface area contributed by atoms with Gasteiger partial charge in [-0.15, -0.1) is 0 Å². The molecule has 2 aromatic rings. The molecular formula is C25H30N4O3.